The van der Waals surface area contributed by atoms with Crippen LogP contribution in [0.25, 0.3) is 83.6 Å². The predicted octanol–water partition coefficient (Wildman–Crippen LogP) is 10.8. The monoisotopic (exact) mass is 600 g/mol. The molecule has 0 saturated heterocycles. The highest BCUT2D eigenvalue weighted by Crippen LogP contribution is 2.38. The maximum absolute atomic E-state index is 4.90. The van der Waals surface area contributed by atoms with Gasteiger partial charge in [0, 0.05) is 33.2 Å². The fourth-order valence-electron chi connectivity index (χ4n) is 6.58. The molecule has 4 heteroatoms. The quantitative estimate of drug-likeness (QED) is 0.197. The van der Waals surface area contributed by atoms with E-state index in [9.17, 15) is 0 Å². The molecule has 47 heavy (non-hydrogen) atoms. The molecule has 0 saturated carbocycles. The first-order valence-corrected chi connectivity index (χ1v) is 15.8. The summed E-state index contributed by atoms with van der Waals surface area (Å²) >= 11 is 0. The Labute approximate surface area is 272 Å². The highest BCUT2D eigenvalue weighted by molar-refractivity contribution is 6.21. The summed E-state index contributed by atoms with van der Waals surface area (Å²) < 4.78 is 2.37. The van der Waals surface area contributed by atoms with Gasteiger partial charge in [0.1, 0.15) is 0 Å². The van der Waals surface area contributed by atoms with Crippen LogP contribution in [0.15, 0.2) is 170 Å². The standard InChI is InChI=1S/C43H28N4/c1-4-12-30(13-5-1)41-44-42(31-14-6-2-7-15-31)46-43(45-41)32-22-20-29(21-23-32)33-24-26-36-34(28-33)25-27-39-40(36)37-18-10-11-19-38(37)47(39)35-16-8-3-9-17-35/h1-28H. The van der Waals surface area contributed by atoms with Crippen LogP contribution in [0.2, 0.25) is 0 Å². The Hall–Kier alpha value is -6.39. The fraction of sp³-hybridized carbons (Fsp3) is 0. The minimum absolute atomic E-state index is 0.653. The van der Waals surface area contributed by atoms with Crippen molar-refractivity contribution in [3.8, 4) is 51.0 Å². The van der Waals surface area contributed by atoms with Crippen molar-refractivity contribution in [3.05, 3.63) is 170 Å². The Balaban J connectivity index is 1.12. The van der Waals surface area contributed by atoms with Gasteiger partial charge in [-0.2, -0.15) is 0 Å². The molecular weight excluding hydrogens is 573 g/mol. The second-order valence-corrected chi connectivity index (χ2v) is 11.7. The van der Waals surface area contributed by atoms with E-state index in [0.29, 0.717) is 17.5 Å². The molecule has 0 spiro atoms. The third-order valence-corrected chi connectivity index (χ3v) is 8.84. The Bertz CT molecular complexity index is 2480. The van der Waals surface area contributed by atoms with Gasteiger partial charge in [0.15, 0.2) is 17.5 Å². The molecule has 0 atom stereocenters. The zero-order valence-corrected chi connectivity index (χ0v) is 25.5. The van der Waals surface area contributed by atoms with Gasteiger partial charge in [-0.25, -0.2) is 15.0 Å². The SMILES string of the molecule is c1ccc(-c2nc(-c3ccccc3)nc(-c3ccc(-c4ccc5c(ccc6c5c5ccccc5n6-c5ccccc5)c4)cc3)n2)cc1. The summed E-state index contributed by atoms with van der Waals surface area (Å²) in [4.78, 5) is 14.6. The molecule has 0 fully saturated rings. The van der Waals surface area contributed by atoms with Crippen molar-refractivity contribution >= 4 is 32.6 Å². The van der Waals surface area contributed by atoms with Gasteiger partial charge in [0.2, 0.25) is 0 Å². The molecule has 9 rings (SSSR count). The summed E-state index contributed by atoms with van der Waals surface area (Å²) in [6.07, 6.45) is 0. The lowest BCUT2D eigenvalue weighted by molar-refractivity contribution is 1.07. The molecular formula is C43H28N4. The van der Waals surface area contributed by atoms with Crippen molar-refractivity contribution in [2.75, 3.05) is 0 Å². The smallest absolute Gasteiger partial charge is 0.164 e. The molecule has 0 bridgehead atoms. The summed E-state index contributed by atoms with van der Waals surface area (Å²) in [5.41, 5.74) is 8.77. The molecule has 2 heterocycles. The van der Waals surface area contributed by atoms with Gasteiger partial charge in [0.25, 0.3) is 0 Å². The van der Waals surface area contributed by atoms with Gasteiger partial charge < -0.3 is 4.57 Å². The number of rotatable bonds is 5. The van der Waals surface area contributed by atoms with Gasteiger partial charge in [-0.3, -0.25) is 0 Å². The van der Waals surface area contributed by atoms with E-state index in [4.69, 9.17) is 15.0 Å². The van der Waals surface area contributed by atoms with Crippen LogP contribution in [-0.2, 0) is 0 Å². The lowest BCUT2D eigenvalue weighted by Gasteiger charge is -2.10. The van der Waals surface area contributed by atoms with Gasteiger partial charge in [-0.05, 0) is 52.2 Å². The second-order valence-electron chi connectivity index (χ2n) is 11.7. The van der Waals surface area contributed by atoms with Gasteiger partial charge in [0.05, 0.1) is 11.0 Å². The van der Waals surface area contributed by atoms with E-state index >= 15 is 0 Å². The van der Waals surface area contributed by atoms with E-state index in [2.05, 4.69) is 114 Å². The summed E-state index contributed by atoms with van der Waals surface area (Å²) in [5, 5.41) is 5.01. The molecule has 0 unspecified atom stereocenters. The van der Waals surface area contributed by atoms with Crippen LogP contribution in [0.5, 0.6) is 0 Å². The minimum atomic E-state index is 0.653. The molecule has 220 valence electrons. The highest BCUT2D eigenvalue weighted by atomic mass is 15.0. The van der Waals surface area contributed by atoms with Crippen LogP contribution >= 0.6 is 0 Å². The zero-order valence-electron chi connectivity index (χ0n) is 25.5. The molecule has 0 amide bonds. The minimum Gasteiger partial charge on any atom is -0.309 e. The van der Waals surface area contributed by atoms with Crippen LogP contribution in [0, 0.1) is 0 Å². The number of nitrogens with zero attached hydrogens (tertiary/aromatic N) is 4. The Morgan fingerprint density at radius 3 is 1.49 bits per heavy atom. The molecule has 7 aromatic carbocycles. The van der Waals surface area contributed by atoms with Crippen molar-refractivity contribution < 1.29 is 0 Å². The largest absolute Gasteiger partial charge is 0.309 e. The van der Waals surface area contributed by atoms with Crippen LogP contribution in [0.3, 0.4) is 0 Å². The summed E-state index contributed by atoms with van der Waals surface area (Å²) in [5.74, 6) is 1.97. The van der Waals surface area contributed by atoms with Crippen molar-refractivity contribution in [1.82, 2.24) is 19.5 Å². The highest BCUT2D eigenvalue weighted by Gasteiger charge is 2.16. The van der Waals surface area contributed by atoms with Crippen LogP contribution in [-0.4, -0.2) is 19.5 Å². The molecule has 4 nitrogen and oxygen atoms in total. The molecule has 2 aromatic heterocycles. The third-order valence-electron chi connectivity index (χ3n) is 8.84. The average Bonchev–Trinajstić information content (AvgIpc) is 3.50. The third kappa shape index (κ3) is 4.75. The lowest BCUT2D eigenvalue weighted by Crippen LogP contribution is -2.00. The number of fused-ring (bicyclic) bond motifs is 5. The number of benzene rings is 7. The van der Waals surface area contributed by atoms with Crippen molar-refractivity contribution in [2.24, 2.45) is 0 Å². The summed E-state index contributed by atoms with van der Waals surface area (Å²) in [7, 11) is 0. The first kappa shape index (κ1) is 27.0. The molecule has 0 radical (unpaired) electrons. The maximum atomic E-state index is 4.90. The molecule has 0 aliphatic rings. The average molecular weight is 601 g/mol. The van der Waals surface area contributed by atoms with E-state index in [1.54, 1.807) is 0 Å². The van der Waals surface area contributed by atoms with Crippen molar-refractivity contribution in [3.63, 3.8) is 0 Å². The lowest BCUT2D eigenvalue weighted by atomic mass is 9.97. The van der Waals surface area contributed by atoms with E-state index in [0.717, 1.165) is 22.3 Å². The number of hydrogen-bond acceptors (Lipinski definition) is 3. The first-order valence-electron chi connectivity index (χ1n) is 15.8. The number of para-hydroxylation sites is 2. The Morgan fingerprint density at radius 1 is 0.340 bits per heavy atom. The molecule has 0 aliphatic heterocycles. The van der Waals surface area contributed by atoms with E-state index < -0.39 is 0 Å². The van der Waals surface area contributed by atoms with Crippen molar-refractivity contribution in [2.45, 2.75) is 0 Å². The topological polar surface area (TPSA) is 43.6 Å². The molecule has 0 aliphatic carbocycles. The van der Waals surface area contributed by atoms with Crippen LogP contribution in [0.4, 0.5) is 0 Å². The van der Waals surface area contributed by atoms with E-state index in [1.807, 2.05) is 60.7 Å². The number of aromatic nitrogens is 4. The molecule has 9 aromatic rings. The normalized spacial score (nSPS) is 11.4. The molecule has 0 N–H and O–H groups in total. The van der Waals surface area contributed by atoms with Gasteiger partial charge in [-0.15, -0.1) is 0 Å². The van der Waals surface area contributed by atoms with Crippen LogP contribution in [0.1, 0.15) is 0 Å². The maximum Gasteiger partial charge on any atom is 0.164 e. The fourth-order valence-corrected chi connectivity index (χ4v) is 6.58. The summed E-state index contributed by atoms with van der Waals surface area (Å²) in [6, 6.07) is 59.3. The number of hydrogen-bond donors (Lipinski definition) is 0. The van der Waals surface area contributed by atoms with E-state index in [-0.39, 0.29) is 0 Å². The summed E-state index contributed by atoms with van der Waals surface area (Å²) in [6.45, 7) is 0. The Kier molecular flexibility index (Phi) is 6.43. The first-order chi connectivity index (χ1) is 23.3. The Morgan fingerprint density at radius 2 is 0.851 bits per heavy atom. The van der Waals surface area contributed by atoms with Crippen LogP contribution < -0.4 is 0 Å². The predicted molar refractivity (Wildman–Crippen MR) is 193 cm³/mol. The van der Waals surface area contributed by atoms with Gasteiger partial charge >= 0.3 is 0 Å². The van der Waals surface area contributed by atoms with Gasteiger partial charge in [-0.1, -0.05) is 140 Å². The van der Waals surface area contributed by atoms with E-state index in [1.165, 1.54) is 43.8 Å². The second kappa shape index (κ2) is 11.2. The van der Waals surface area contributed by atoms with Crippen molar-refractivity contribution in [1.29, 1.82) is 0 Å². The zero-order chi connectivity index (χ0) is 31.2.